The van der Waals surface area contributed by atoms with Gasteiger partial charge in [-0.25, -0.2) is 9.97 Å². The van der Waals surface area contributed by atoms with Gasteiger partial charge in [0.15, 0.2) is 12.2 Å². The van der Waals surface area contributed by atoms with E-state index in [1.54, 1.807) is 20.8 Å². The zero-order valence-corrected chi connectivity index (χ0v) is 14.5. The summed E-state index contributed by atoms with van der Waals surface area (Å²) in [6, 6.07) is 0. The van der Waals surface area contributed by atoms with E-state index >= 15 is 0 Å². The summed E-state index contributed by atoms with van der Waals surface area (Å²) in [5.41, 5.74) is 0.321. The smallest absolute Gasteiger partial charge is 0.326 e. The Morgan fingerprint density at radius 1 is 1.17 bits per heavy atom. The van der Waals surface area contributed by atoms with E-state index in [9.17, 15) is 9.59 Å². The van der Waals surface area contributed by atoms with Crippen molar-refractivity contribution in [3.05, 3.63) is 22.2 Å². The van der Waals surface area contributed by atoms with Crippen molar-refractivity contribution in [1.82, 2.24) is 9.97 Å². The van der Waals surface area contributed by atoms with Crippen molar-refractivity contribution in [2.45, 2.75) is 33.0 Å². The molecule has 1 fully saturated rings. The molecule has 0 atom stereocenters. The highest BCUT2D eigenvalue weighted by molar-refractivity contribution is 6.30. The molecule has 0 spiro atoms. The maximum absolute atomic E-state index is 12.3. The van der Waals surface area contributed by atoms with Gasteiger partial charge in [0.05, 0.1) is 37.7 Å². The number of hydrogen-bond donors (Lipinski definition) is 0. The fraction of sp³-hybridized carbons (Fsp3) is 0.600. The third kappa shape index (κ3) is 4.00. The predicted octanol–water partition coefficient (Wildman–Crippen LogP) is 1.69. The molecule has 1 aromatic heterocycles. The normalized spacial score (nSPS) is 14.9. The maximum atomic E-state index is 12.3. The molecule has 0 unspecified atom stereocenters. The summed E-state index contributed by atoms with van der Waals surface area (Å²) < 4.78 is 20.9. The van der Waals surface area contributed by atoms with Crippen LogP contribution < -0.4 is 0 Å². The number of halogens is 1. The molecule has 0 aliphatic carbocycles. The zero-order valence-electron chi connectivity index (χ0n) is 13.7. The van der Waals surface area contributed by atoms with E-state index in [0.29, 0.717) is 19.0 Å². The summed E-state index contributed by atoms with van der Waals surface area (Å²) in [4.78, 5) is 33.0. The molecule has 24 heavy (non-hydrogen) atoms. The standard InChI is InChI=1S/C15H19ClN2O6/c1-4-21-13(19)10(14(20)22-5-2)11-9(15-23-6-7-24-15)12(16)18-8(3)17-11/h10,15H,4-7H2,1-3H3. The van der Waals surface area contributed by atoms with Gasteiger partial charge in [-0.2, -0.15) is 0 Å². The Labute approximate surface area is 144 Å². The number of ether oxygens (including phenoxy) is 4. The third-order valence-corrected chi connectivity index (χ3v) is 3.50. The largest absolute Gasteiger partial charge is 0.465 e. The van der Waals surface area contributed by atoms with Crippen LogP contribution in [0.2, 0.25) is 5.15 Å². The second kappa shape index (κ2) is 8.36. The minimum Gasteiger partial charge on any atom is -0.465 e. The molecule has 2 rings (SSSR count). The zero-order chi connectivity index (χ0) is 17.7. The van der Waals surface area contributed by atoms with Gasteiger partial charge >= 0.3 is 11.9 Å². The van der Waals surface area contributed by atoms with Crippen LogP contribution >= 0.6 is 11.6 Å². The topological polar surface area (TPSA) is 96.8 Å². The van der Waals surface area contributed by atoms with Gasteiger partial charge in [-0.15, -0.1) is 0 Å². The van der Waals surface area contributed by atoms with Crippen LogP contribution in [0, 0.1) is 6.92 Å². The van der Waals surface area contributed by atoms with E-state index in [-0.39, 0.29) is 29.6 Å². The van der Waals surface area contributed by atoms with Gasteiger partial charge < -0.3 is 18.9 Å². The van der Waals surface area contributed by atoms with Gasteiger partial charge in [-0.05, 0) is 20.8 Å². The lowest BCUT2D eigenvalue weighted by atomic mass is 10.0. The van der Waals surface area contributed by atoms with Gasteiger partial charge in [0.25, 0.3) is 0 Å². The molecule has 0 radical (unpaired) electrons. The molecule has 2 heterocycles. The molecule has 0 N–H and O–H groups in total. The highest BCUT2D eigenvalue weighted by Crippen LogP contribution is 2.35. The fourth-order valence-corrected chi connectivity index (χ4v) is 2.61. The molecule has 1 aliphatic rings. The second-order valence-electron chi connectivity index (χ2n) is 4.87. The van der Waals surface area contributed by atoms with Crippen LogP contribution in [-0.4, -0.2) is 48.3 Å². The Kier molecular flexibility index (Phi) is 6.47. The van der Waals surface area contributed by atoms with Crippen molar-refractivity contribution in [1.29, 1.82) is 0 Å². The molecule has 132 valence electrons. The maximum Gasteiger partial charge on any atom is 0.326 e. The molecular formula is C15H19ClN2O6. The Morgan fingerprint density at radius 3 is 2.21 bits per heavy atom. The number of rotatable bonds is 6. The quantitative estimate of drug-likeness (QED) is 0.430. The van der Waals surface area contributed by atoms with E-state index in [1.165, 1.54) is 0 Å². The van der Waals surface area contributed by atoms with Gasteiger partial charge in [0.2, 0.25) is 0 Å². The summed E-state index contributed by atoms with van der Waals surface area (Å²) in [6.45, 7) is 5.82. The average Bonchev–Trinajstić information content (AvgIpc) is 3.01. The monoisotopic (exact) mass is 358 g/mol. The number of aryl methyl sites for hydroxylation is 1. The molecule has 1 aliphatic heterocycles. The van der Waals surface area contributed by atoms with Crippen LogP contribution in [0.4, 0.5) is 0 Å². The summed E-state index contributed by atoms with van der Waals surface area (Å²) in [6.07, 6.45) is -0.848. The van der Waals surface area contributed by atoms with E-state index in [2.05, 4.69) is 9.97 Å². The lowest BCUT2D eigenvalue weighted by Gasteiger charge is -2.20. The molecule has 0 bridgehead atoms. The second-order valence-corrected chi connectivity index (χ2v) is 5.23. The molecule has 0 saturated carbocycles. The Balaban J connectivity index is 2.54. The Hall–Kier alpha value is -1.77. The van der Waals surface area contributed by atoms with Crippen molar-refractivity contribution in [2.24, 2.45) is 0 Å². The first-order valence-corrected chi connectivity index (χ1v) is 7.97. The first kappa shape index (κ1) is 18.6. The minimum absolute atomic E-state index is 0.0583. The molecule has 0 aromatic carbocycles. The highest BCUT2D eigenvalue weighted by atomic mass is 35.5. The Bertz CT molecular complexity index is 600. The number of nitrogens with zero attached hydrogens (tertiary/aromatic N) is 2. The average molecular weight is 359 g/mol. The lowest BCUT2D eigenvalue weighted by molar-refractivity contribution is -0.157. The van der Waals surface area contributed by atoms with Gasteiger partial charge in [0, 0.05) is 0 Å². The summed E-state index contributed by atoms with van der Waals surface area (Å²) in [7, 11) is 0. The lowest BCUT2D eigenvalue weighted by Crippen LogP contribution is -2.29. The number of carbonyl (C=O) groups is 2. The van der Waals surface area contributed by atoms with Crippen LogP contribution in [0.25, 0.3) is 0 Å². The van der Waals surface area contributed by atoms with Crippen LogP contribution in [0.1, 0.15) is 43.1 Å². The van der Waals surface area contributed by atoms with Gasteiger partial charge in [-0.3, -0.25) is 9.59 Å². The number of esters is 2. The molecule has 9 heteroatoms. The molecule has 1 aromatic rings. The summed E-state index contributed by atoms with van der Waals surface area (Å²) in [5, 5.41) is 0.0583. The molecule has 1 saturated heterocycles. The minimum atomic E-state index is -1.38. The highest BCUT2D eigenvalue weighted by Gasteiger charge is 2.39. The SMILES string of the molecule is CCOC(=O)C(C(=O)OCC)c1nc(C)nc(Cl)c1C1OCCO1. The van der Waals surface area contributed by atoms with E-state index in [0.717, 1.165) is 0 Å². The molecule has 0 amide bonds. The van der Waals surface area contributed by atoms with Gasteiger partial charge in [-0.1, -0.05) is 11.6 Å². The van der Waals surface area contributed by atoms with Crippen LogP contribution in [0.5, 0.6) is 0 Å². The van der Waals surface area contributed by atoms with Crippen LogP contribution in [0.3, 0.4) is 0 Å². The summed E-state index contributed by atoms with van der Waals surface area (Å²) >= 11 is 6.21. The fourth-order valence-electron chi connectivity index (χ4n) is 2.30. The number of carbonyl (C=O) groups excluding carboxylic acids is 2. The van der Waals surface area contributed by atoms with Crippen molar-refractivity contribution >= 4 is 23.5 Å². The first-order chi connectivity index (χ1) is 11.5. The van der Waals surface area contributed by atoms with Crippen LogP contribution in [0.15, 0.2) is 0 Å². The Morgan fingerprint density at radius 2 is 1.71 bits per heavy atom. The first-order valence-electron chi connectivity index (χ1n) is 7.59. The van der Waals surface area contributed by atoms with Crippen molar-refractivity contribution in [3.8, 4) is 0 Å². The predicted molar refractivity (Wildman–Crippen MR) is 82.4 cm³/mol. The third-order valence-electron chi connectivity index (χ3n) is 3.22. The van der Waals surface area contributed by atoms with Gasteiger partial charge in [0.1, 0.15) is 11.0 Å². The van der Waals surface area contributed by atoms with Crippen molar-refractivity contribution in [3.63, 3.8) is 0 Å². The number of hydrogen-bond acceptors (Lipinski definition) is 8. The van der Waals surface area contributed by atoms with E-state index in [1.807, 2.05) is 0 Å². The summed E-state index contributed by atoms with van der Waals surface area (Å²) in [5.74, 6) is -2.63. The van der Waals surface area contributed by atoms with Crippen LogP contribution in [-0.2, 0) is 28.5 Å². The van der Waals surface area contributed by atoms with Crippen molar-refractivity contribution < 1.29 is 28.5 Å². The van der Waals surface area contributed by atoms with Crippen molar-refractivity contribution in [2.75, 3.05) is 26.4 Å². The van der Waals surface area contributed by atoms with E-state index in [4.69, 9.17) is 30.5 Å². The number of aromatic nitrogens is 2. The molecule has 8 nitrogen and oxygen atoms in total. The van der Waals surface area contributed by atoms with E-state index < -0.39 is 24.1 Å². The molecular weight excluding hydrogens is 340 g/mol.